The highest BCUT2D eigenvalue weighted by atomic mass is 16.5. The van der Waals surface area contributed by atoms with Gasteiger partial charge in [0.25, 0.3) is 0 Å². The van der Waals surface area contributed by atoms with Crippen LogP contribution >= 0.6 is 0 Å². The van der Waals surface area contributed by atoms with Crippen molar-refractivity contribution >= 4 is 11.8 Å². The van der Waals surface area contributed by atoms with Gasteiger partial charge in [-0.25, -0.2) is 0 Å². The number of hydrogen-bond acceptors (Lipinski definition) is 3. The second kappa shape index (κ2) is 7.36. The molecule has 1 heterocycles. The van der Waals surface area contributed by atoms with E-state index in [4.69, 9.17) is 4.74 Å². The van der Waals surface area contributed by atoms with E-state index >= 15 is 0 Å². The standard InChI is InChI=1S/C13H24N2O3/c1-10-7-11(2)9-15(8-10)13(17)12(16)14-5-4-6-18-3/h10-11H,4-9H2,1-3H3,(H,14,16). The quantitative estimate of drug-likeness (QED) is 0.593. The molecule has 0 aromatic heterocycles. The number of nitrogens with zero attached hydrogens (tertiary/aromatic N) is 1. The molecule has 0 aromatic rings. The van der Waals surface area contributed by atoms with E-state index in [0.29, 0.717) is 38.1 Å². The third-order valence-electron chi connectivity index (χ3n) is 3.16. The zero-order valence-electron chi connectivity index (χ0n) is 11.6. The molecule has 1 aliphatic rings. The fourth-order valence-corrected chi connectivity index (χ4v) is 2.47. The van der Waals surface area contributed by atoms with Gasteiger partial charge in [-0.2, -0.15) is 0 Å². The van der Waals surface area contributed by atoms with Gasteiger partial charge in [0, 0.05) is 33.4 Å². The summed E-state index contributed by atoms with van der Waals surface area (Å²) in [6, 6.07) is 0. The van der Waals surface area contributed by atoms with E-state index in [1.165, 1.54) is 0 Å². The Morgan fingerprint density at radius 1 is 1.28 bits per heavy atom. The minimum Gasteiger partial charge on any atom is -0.385 e. The average molecular weight is 256 g/mol. The normalized spacial score (nSPS) is 23.8. The lowest BCUT2D eigenvalue weighted by atomic mass is 9.92. The van der Waals surface area contributed by atoms with E-state index < -0.39 is 11.8 Å². The Bertz CT molecular complexity index is 284. The zero-order valence-corrected chi connectivity index (χ0v) is 11.6. The molecule has 2 unspecified atom stereocenters. The van der Waals surface area contributed by atoms with Crippen molar-refractivity contribution in [3.8, 4) is 0 Å². The minimum atomic E-state index is -0.493. The van der Waals surface area contributed by atoms with Crippen molar-refractivity contribution in [2.24, 2.45) is 11.8 Å². The Hall–Kier alpha value is -1.10. The van der Waals surface area contributed by atoms with Gasteiger partial charge in [0.1, 0.15) is 0 Å². The van der Waals surface area contributed by atoms with Crippen molar-refractivity contribution in [2.45, 2.75) is 26.7 Å². The molecule has 0 radical (unpaired) electrons. The lowest BCUT2D eigenvalue weighted by Gasteiger charge is -2.34. The van der Waals surface area contributed by atoms with Gasteiger partial charge < -0.3 is 15.0 Å². The summed E-state index contributed by atoms with van der Waals surface area (Å²) in [6.07, 6.45) is 1.85. The van der Waals surface area contributed by atoms with Crippen molar-refractivity contribution < 1.29 is 14.3 Å². The largest absolute Gasteiger partial charge is 0.385 e. The summed E-state index contributed by atoms with van der Waals surface area (Å²) in [5, 5.41) is 2.63. The highest BCUT2D eigenvalue weighted by Gasteiger charge is 2.28. The van der Waals surface area contributed by atoms with Crippen LogP contribution in [0.15, 0.2) is 0 Å². The molecule has 0 aliphatic carbocycles. The monoisotopic (exact) mass is 256 g/mol. The van der Waals surface area contributed by atoms with Crippen LogP contribution in [-0.2, 0) is 14.3 Å². The summed E-state index contributed by atoms with van der Waals surface area (Å²) in [6.45, 7) is 6.69. The molecular formula is C13H24N2O3. The lowest BCUT2D eigenvalue weighted by molar-refractivity contribution is -0.147. The maximum atomic E-state index is 11.9. The van der Waals surface area contributed by atoms with Crippen LogP contribution in [0.4, 0.5) is 0 Å². The first-order chi connectivity index (χ1) is 8.54. The summed E-state index contributed by atoms with van der Waals surface area (Å²) in [4.78, 5) is 25.3. The highest BCUT2D eigenvalue weighted by molar-refractivity contribution is 6.35. The molecule has 1 fully saturated rings. The van der Waals surface area contributed by atoms with Crippen LogP contribution in [0.5, 0.6) is 0 Å². The Morgan fingerprint density at radius 3 is 2.44 bits per heavy atom. The predicted octanol–water partition coefficient (Wildman–Crippen LogP) is 0.644. The fourth-order valence-electron chi connectivity index (χ4n) is 2.47. The first-order valence-electron chi connectivity index (χ1n) is 6.60. The van der Waals surface area contributed by atoms with Crippen molar-refractivity contribution in [1.29, 1.82) is 0 Å². The number of carbonyl (C=O) groups excluding carboxylic acids is 2. The lowest BCUT2D eigenvalue weighted by Crippen LogP contribution is -2.49. The number of amides is 2. The maximum absolute atomic E-state index is 11.9. The maximum Gasteiger partial charge on any atom is 0.311 e. The molecule has 0 bridgehead atoms. The van der Waals surface area contributed by atoms with Gasteiger partial charge in [0.2, 0.25) is 0 Å². The van der Waals surface area contributed by atoms with E-state index in [-0.39, 0.29) is 0 Å². The predicted molar refractivity (Wildman–Crippen MR) is 69.0 cm³/mol. The van der Waals surface area contributed by atoms with Crippen molar-refractivity contribution in [3.63, 3.8) is 0 Å². The molecular weight excluding hydrogens is 232 g/mol. The van der Waals surface area contributed by atoms with Crippen molar-refractivity contribution in [3.05, 3.63) is 0 Å². The summed E-state index contributed by atoms with van der Waals surface area (Å²) < 4.78 is 4.88. The molecule has 0 spiro atoms. The Labute approximate surface area is 109 Å². The number of carbonyl (C=O) groups is 2. The van der Waals surface area contributed by atoms with E-state index in [0.717, 1.165) is 12.8 Å². The van der Waals surface area contributed by atoms with Crippen LogP contribution in [0.3, 0.4) is 0 Å². The second-order valence-electron chi connectivity index (χ2n) is 5.26. The number of nitrogens with one attached hydrogen (secondary N) is 1. The van der Waals surface area contributed by atoms with Gasteiger partial charge in [-0.3, -0.25) is 9.59 Å². The molecule has 1 rings (SSSR count). The number of hydrogen-bond donors (Lipinski definition) is 1. The van der Waals surface area contributed by atoms with Crippen LogP contribution in [-0.4, -0.2) is 50.1 Å². The number of rotatable bonds is 4. The van der Waals surface area contributed by atoms with Crippen LogP contribution in [0.1, 0.15) is 26.7 Å². The van der Waals surface area contributed by atoms with Gasteiger partial charge in [0.15, 0.2) is 0 Å². The van der Waals surface area contributed by atoms with Gasteiger partial charge in [-0.15, -0.1) is 0 Å². The summed E-state index contributed by atoms with van der Waals surface area (Å²) in [7, 11) is 1.61. The summed E-state index contributed by atoms with van der Waals surface area (Å²) in [5.74, 6) is 0.0520. The second-order valence-corrected chi connectivity index (χ2v) is 5.26. The molecule has 2 amide bonds. The first-order valence-corrected chi connectivity index (χ1v) is 6.60. The van der Waals surface area contributed by atoms with Crippen LogP contribution < -0.4 is 5.32 Å². The van der Waals surface area contributed by atoms with E-state index in [2.05, 4.69) is 19.2 Å². The van der Waals surface area contributed by atoms with Crippen LogP contribution in [0.2, 0.25) is 0 Å². The average Bonchev–Trinajstić information content (AvgIpc) is 2.32. The van der Waals surface area contributed by atoms with E-state index in [1.807, 2.05) is 0 Å². The molecule has 5 nitrogen and oxygen atoms in total. The van der Waals surface area contributed by atoms with Crippen LogP contribution in [0, 0.1) is 11.8 Å². The Balaban J connectivity index is 2.36. The molecule has 2 atom stereocenters. The number of methoxy groups -OCH3 is 1. The summed E-state index contributed by atoms with van der Waals surface area (Å²) >= 11 is 0. The Kier molecular flexibility index (Phi) is 6.12. The number of piperidine rings is 1. The van der Waals surface area contributed by atoms with Crippen molar-refractivity contribution in [1.82, 2.24) is 10.2 Å². The molecule has 5 heteroatoms. The molecule has 1 aliphatic heterocycles. The number of likely N-dealkylation sites (tertiary alicyclic amines) is 1. The van der Waals surface area contributed by atoms with Gasteiger partial charge in [0.05, 0.1) is 0 Å². The van der Waals surface area contributed by atoms with Crippen LogP contribution in [0.25, 0.3) is 0 Å². The van der Waals surface area contributed by atoms with Gasteiger partial charge >= 0.3 is 11.8 Å². The molecule has 1 saturated heterocycles. The van der Waals surface area contributed by atoms with E-state index in [1.54, 1.807) is 12.0 Å². The molecule has 104 valence electrons. The zero-order chi connectivity index (χ0) is 13.5. The molecule has 0 saturated carbocycles. The molecule has 18 heavy (non-hydrogen) atoms. The number of ether oxygens (including phenoxy) is 1. The first kappa shape index (κ1) is 15.0. The minimum absolute atomic E-state index is 0.397. The van der Waals surface area contributed by atoms with E-state index in [9.17, 15) is 9.59 Å². The fraction of sp³-hybridized carbons (Fsp3) is 0.846. The Morgan fingerprint density at radius 2 is 1.89 bits per heavy atom. The third kappa shape index (κ3) is 4.64. The molecule has 1 N–H and O–H groups in total. The highest BCUT2D eigenvalue weighted by Crippen LogP contribution is 2.20. The van der Waals surface area contributed by atoms with Crippen molar-refractivity contribution in [2.75, 3.05) is 33.4 Å². The summed E-state index contributed by atoms with van der Waals surface area (Å²) in [5.41, 5.74) is 0. The van der Waals surface area contributed by atoms with Gasteiger partial charge in [-0.1, -0.05) is 13.8 Å². The third-order valence-corrected chi connectivity index (χ3v) is 3.16. The molecule has 0 aromatic carbocycles. The topological polar surface area (TPSA) is 58.6 Å². The van der Waals surface area contributed by atoms with Gasteiger partial charge in [-0.05, 0) is 24.7 Å². The smallest absolute Gasteiger partial charge is 0.311 e. The SMILES string of the molecule is COCCCNC(=O)C(=O)N1CC(C)CC(C)C1.